The lowest BCUT2D eigenvalue weighted by Crippen LogP contribution is -2.37. The summed E-state index contributed by atoms with van der Waals surface area (Å²) >= 11 is 6.20. The van der Waals surface area contributed by atoms with Crippen LogP contribution in [0.4, 0.5) is 5.69 Å². The fraction of sp³-hybridized carbons (Fsp3) is 0. The molecular weight excluding hydrogens is 566 g/mol. The minimum Gasteiger partial charge on any atom is -0.298 e. The first-order valence-electron chi connectivity index (χ1n) is 12.1. The van der Waals surface area contributed by atoms with Crippen molar-refractivity contribution in [3.63, 3.8) is 0 Å². The Balaban J connectivity index is 1.61. The second-order valence-corrected chi connectivity index (χ2v) is 13.0. The van der Waals surface area contributed by atoms with Crippen LogP contribution in [0.1, 0.15) is 10.4 Å². The quantitative estimate of drug-likeness (QED) is 0.181. The Bertz CT molecular complexity index is 1760. The van der Waals surface area contributed by atoms with Crippen molar-refractivity contribution in [1.82, 2.24) is 0 Å². The molecule has 0 heterocycles. The van der Waals surface area contributed by atoms with Crippen LogP contribution >= 0.6 is 11.6 Å². The van der Waals surface area contributed by atoms with Crippen LogP contribution in [0.15, 0.2) is 137 Å². The van der Waals surface area contributed by atoms with E-state index < -0.39 is 20.0 Å². The standard InChI is InChI=1S/C31H22ClNO5S2/c32-31-21-28(16-11-27(31)22-34)33(39(35,36)29-17-12-25(13-18-29)23-7-3-1-4-8-23)40(37,38)30-19-14-26(15-20-30)24-9-5-2-6-10-24/h1-22H. The molecule has 0 aliphatic heterocycles. The normalized spacial score (nSPS) is 11.6. The molecule has 200 valence electrons. The molecule has 9 heteroatoms. The van der Waals surface area contributed by atoms with Gasteiger partial charge in [-0.15, -0.1) is 0 Å². The number of aldehydes is 1. The molecule has 5 rings (SSSR count). The van der Waals surface area contributed by atoms with Crippen molar-refractivity contribution in [3.05, 3.63) is 138 Å². The molecule has 6 nitrogen and oxygen atoms in total. The maximum absolute atomic E-state index is 14.0. The summed E-state index contributed by atoms with van der Waals surface area (Å²) in [6, 6.07) is 34.3. The Morgan fingerprint density at radius 3 is 1.30 bits per heavy atom. The molecule has 0 amide bonds. The van der Waals surface area contributed by atoms with E-state index in [9.17, 15) is 21.6 Å². The minimum atomic E-state index is -4.66. The molecule has 0 aromatic heterocycles. The van der Waals surface area contributed by atoms with E-state index >= 15 is 0 Å². The topological polar surface area (TPSA) is 88.6 Å². The maximum atomic E-state index is 14.0. The van der Waals surface area contributed by atoms with Crippen molar-refractivity contribution in [2.75, 3.05) is 3.71 Å². The molecule has 5 aromatic carbocycles. The summed E-state index contributed by atoms with van der Waals surface area (Å²) in [5.41, 5.74) is 3.17. The Hall–Kier alpha value is -4.24. The fourth-order valence-corrected chi connectivity index (χ4v) is 8.12. The first-order chi connectivity index (χ1) is 19.2. The van der Waals surface area contributed by atoms with Gasteiger partial charge in [0, 0.05) is 5.56 Å². The van der Waals surface area contributed by atoms with Gasteiger partial charge in [0.05, 0.1) is 20.5 Å². The molecule has 0 aliphatic carbocycles. The van der Waals surface area contributed by atoms with E-state index in [1.807, 2.05) is 60.7 Å². The number of anilines is 1. The number of rotatable bonds is 8. The van der Waals surface area contributed by atoms with Gasteiger partial charge in [-0.05, 0) is 64.7 Å². The number of hydrogen-bond donors (Lipinski definition) is 0. The molecule has 0 unspecified atom stereocenters. The van der Waals surface area contributed by atoms with Crippen LogP contribution in [-0.4, -0.2) is 23.1 Å². The number of sulfonamides is 2. The Morgan fingerprint density at radius 2 is 0.925 bits per heavy atom. The van der Waals surface area contributed by atoms with Crippen LogP contribution in [0.2, 0.25) is 5.02 Å². The average Bonchev–Trinajstić information content (AvgIpc) is 2.98. The van der Waals surface area contributed by atoms with E-state index in [-0.39, 0.29) is 26.1 Å². The molecule has 0 atom stereocenters. The van der Waals surface area contributed by atoms with E-state index in [2.05, 4.69) is 0 Å². The van der Waals surface area contributed by atoms with Gasteiger partial charge in [0.15, 0.2) is 6.29 Å². The largest absolute Gasteiger partial charge is 0.298 e. The molecule has 0 saturated carbocycles. The van der Waals surface area contributed by atoms with Crippen LogP contribution in [-0.2, 0) is 20.0 Å². The first kappa shape index (κ1) is 27.3. The highest BCUT2D eigenvalue weighted by molar-refractivity contribution is 8.10. The lowest BCUT2D eigenvalue weighted by molar-refractivity contribution is 0.112. The molecule has 0 spiro atoms. The summed E-state index contributed by atoms with van der Waals surface area (Å²) in [5.74, 6) is 0. The predicted molar refractivity (Wildman–Crippen MR) is 157 cm³/mol. The van der Waals surface area contributed by atoms with Crippen LogP contribution in [0, 0.1) is 0 Å². The number of nitrogens with zero attached hydrogens (tertiary/aromatic N) is 1. The molecule has 0 fully saturated rings. The van der Waals surface area contributed by atoms with Crippen molar-refractivity contribution in [1.29, 1.82) is 0 Å². The molecule has 0 N–H and O–H groups in total. The van der Waals surface area contributed by atoms with Gasteiger partial charge < -0.3 is 0 Å². The molecule has 40 heavy (non-hydrogen) atoms. The van der Waals surface area contributed by atoms with Crippen LogP contribution in [0.3, 0.4) is 0 Å². The van der Waals surface area contributed by atoms with Gasteiger partial charge in [0.1, 0.15) is 0 Å². The van der Waals surface area contributed by atoms with Gasteiger partial charge in [0.2, 0.25) is 0 Å². The van der Waals surface area contributed by atoms with E-state index in [4.69, 9.17) is 11.6 Å². The number of hydrogen-bond acceptors (Lipinski definition) is 5. The van der Waals surface area contributed by atoms with Gasteiger partial charge in [-0.2, -0.15) is 3.71 Å². The Kier molecular flexibility index (Phi) is 7.58. The molecule has 0 bridgehead atoms. The van der Waals surface area contributed by atoms with Crippen LogP contribution in [0.25, 0.3) is 22.3 Å². The summed E-state index contributed by atoms with van der Waals surface area (Å²) in [6.07, 6.45) is 0.504. The summed E-state index contributed by atoms with van der Waals surface area (Å²) in [5, 5.41) is -0.0817. The highest BCUT2D eigenvalue weighted by Crippen LogP contribution is 2.34. The van der Waals surface area contributed by atoms with Gasteiger partial charge in [-0.3, -0.25) is 4.79 Å². The van der Waals surface area contributed by atoms with E-state index in [0.717, 1.165) is 28.3 Å². The summed E-state index contributed by atoms with van der Waals surface area (Å²) in [6.45, 7) is 0. The van der Waals surface area contributed by atoms with Crippen LogP contribution in [0.5, 0.6) is 0 Å². The third-order valence-electron chi connectivity index (χ3n) is 6.28. The minimum absolute atomic E-state index is 0.0817. The summed E-state index contributed by atoms with van der Waals surface area (Å²) < 4.78 is 56.3. The second kappa shape index (κ2) is 11.1. The summed E-state index contributed by atoms with van der Waals surface area (Å²) in [7, 11) is -9.32. The van der Waals surface area contributed by atoms with Gasteiger partial charge >= 0.3 is 0 Å². The average molecular weight is 588 g/mol. The zero-order valence-corrected chi connectivity index (χ0v) is 23.3. The molecule has 0 aliphatic rings. The second-order valence-electron chi connectivity index (χ2n) is 8.81. The highest BCUT2D eigenvalue weighted by Gasteiger charge is 2.37. The summed E-state index contributed by atoms with van der Waals surface area (Å²) in [4.78, 5) is 10.8. The van der Waals surface area contributed by atoms with Crippen LogP contribution < -0.4 is 3.71 Å². The van der Waals surface area contributed by atoms with Gasteiger partial charge in [-0.25, -0.2) is 16.8 Å². The lowest BCUT2D eigenvalue weighted by Gasteiger charge is -2.24. The number of carbonyl (C=O) groups excluding carboxylic acids is 1. The first-order valence-corrected chi connectivity index (χ1v) is 15.3. The van der Waals surface area contributed by atoms with Crippen molar-refractivity contribution < 1.29 is 21.6 Å². The van der Waals surface area contributed by atoms with Crippen molar-refractivity contribution in [3.8, 4) is 22.3 Å². The number of carbonyl (C=O) groups is 1. The van der Waals surface area contributed by atoms with Crippen molar-refractivity contribution >= 4 is 43.6 Å². The van der Waals surface area contributed by atoms with E-state index in [1.54, 1.807) is 24.3 Å². The smallest absolute Gasteiger partial charge is 0.277 e. The predicted octanol–water partition coefficient (Wildman–Crippen LogP) is 7.07. The van der Waals surface area contributed by atoms with Crippen molar-refractivity contribution in [2.24, 2.45) is 0 Å². The monoisotopic (exact) mass is 587 g/mol. The van der Waals surface area contributed by atoms with Gasteiger partial charge in [0.25, 0.3) is 20.0 Å². The molecule has 0 saturated heterocycles. The molecule has 5 aromatic rings. The zero-order valence-electron chi connectivity index (χ0n) is 20.9. The number of halogens is 1. The SMILES string of the molecule is O=Cc1ccc(N(S(=O)(=O)c2ccc(-c3ccccc3)cc2)S(=O)(=O)c2ccc(-c3ccccc3)cc2)cc1Cl. The Morgan fingerprint density at radius 1 is 0.525 bits per heavy atom. The molecule has 0 radical (unpaired) electrons. The molecular formula is C31H22ClNO5S2. The van der Waals surface area contributed by atoms with Crippen molar-refractivity contribution in [2.45, 2.75) is 9.79 Å². The maximum Gasteiger partial charge on any atom is 0.277 e. The highest BCUT2D eigenvalue weighted by atomic mass is 35.5. The lowest BCUT2D eigenvalue weighted by atomic mass is 10.1. The van der Waals surface area contributed by atoms with E-state index in [1.165, 1.54) is 36.4 Å². The van der Waals surface area contributed by atoms with E-state index in [0.29, 0.717) is 10.00 Å². The fourth-order valence-electron chi connectivity index (χ4n) is 4.22. The van der Waals surface area contributed by atoms with Gasteiger partial charge in [-0.1, -0.05) is 96.5 Å². The zero-order chi connectivity index (χ0) is 28.3. The Labute approximate surface area is 238 Å². The third kappa shape index (κ3) is 5.29. The number of benzene rings is 5. The third-order valence-corrected chi connectivity index (χ3v) is 10.8.